The van der Waals surface area contributed by atoms with Crippen LogP contribution in [0.1, 0.15) is 39.0 Å². The van der Waals surface area contributed by atoms with Gasteiger partial charge in [-0.1, -0.05) is 19.7 Å². The van der Waals surface area contributed by atoms with Gasteiger partial charge < -0.3 is 14.8 Å². The van der Waals surface area contributed by atoms with E-state index in [-0.39, 0.29) is 5.91 Å². The highest BCUT2D eigenvalue weighted by molar-refractivity contribution is 7.78. The van der Waals surface area contributed by atoms with Gasteiger partial charge in [0.15, 0.2) is 5.79 Å². The lowest BCUT2D eigenvalue weighted by atomic mass is 10.2. The smallest absolute Gasteiger partial charge is 0.219 e. The molecule has 0 radical (unpaired) electrons. The highest BCUT2D eigenvalue weighted by Crippen LogP contribution is 2.34. The highest BCUT2D eigenvalue weighted by atomic mass is 32.1. The normalized spacial score (nSPS) is 17.9. The van der Waals surface area contributed by atoms with Crippen LogP contribution in [0.4, 0.5) is 0 Å². The topological polar surface area (TPSA) is 59.6 Å². The van der Waals surface area contributed by atoms with Gasteiger partial charge in [-0.05, 0) is 12.8 Å². The van der Waals surface area contributed by atoms with Crippen molar-refractivity contribution < 1.29 is 14.3 Å². The molecule has 6 heteroatoms. The second-order valence-corrected chi connectivity index (χ2v) is 4.74. The average molecular weight is 276 g/mol. The van der Waals surface area contributed by atoms with Gasteiger partial charge in [0.2, 0.25) is 5.91 Å². The van der Waals surface area contributed by atoms with Crippen molar-refractivity contribution in [3.05, 3.63) is 0 Å². The summed E-state index contributed by atoms with van der Waals surface area (Å²) in [6.07, 6.45) is 4.64. The quantitative estimate of drug-likeness (QED) is 0.337. The first kappa shape index (κ1) is 15.8. The Bertz CT molecular complexity index is 245. The minimum atomic E-state index is -0.443. The predicted molar refractivity (Wildman–Crippen MR) is 73.4 cm³/mol. The molecule has 0 aromatic rings. The summed E-state index contributed by atoms with van der Waals surface area (Å²) < 4.78 is 14.4. The van der Waals surface area contributed by atoms with Crippen LogP contribution in [-0.4, -0.2) is 38.0 Å². The zero-order valence-electron chi connectivity index (χ0n) is 11.0. The van der Waals surface area contributed by atoms with Crippen molar-refractivity contribution >= 4 is 18.7 Å². The Morgan fingerprint density at radius 2 is 1.83 bits per heavy atom. The van der Waals surface area contributed by atoms with E-state index in [4.69, 9.17) is 9.47 Å². The molecule has 1 amide bonds. The number of hydrogen-bond acceptors (Lipinski definition) is 5. The summed E-state index contributed by atoms with van der Waals surface area (Å²) in [5.74, 6) is -0.388. The van der Waals surface area contributed by atoms with Crippen molar-refractivity contribution in [2.75, 3.05) is 26.3 Å². The highest BCUT2D eigenvalue weighted by Gasteiger charge is 2.35. The Kier molecular flexibility index (Phi) is 7.65. The molecular formula is C12H24N2O3S. The van der Waals surface area contributed by atoms with E-state index in [1.165, 1.54) is 0 Å². The average Bonchev–Trinajstić information content (AvgIpc) is 2.84. The number of nitrogens with one attached hydrogen (secondary N) is 2. The zero-order valence-corrected chi connectivity index (χ0v) is 11.9. The van der Waals surface area contributed by atoms with E-state index < -0.39 is 5.79 Å². The summed E-state index contributed by atoms with van der Waals surface area (Å²) in [7, 11) is 0. The van der Waals surface area contributed by atoms with E-state index in [0.717, 1.165) is 25.7 Å². The lowest BCUT2D eigenvalue weighted by Crippen LogP contribution is -2.37. The Morgan fingerprint density at radius 1 is 1.22 bits per heavy atom. The van der Waals surface area contributed by atoms with E-state index in [2.05, 4.69) is 22.9 Å². The van der Waals surface area contributed by atoms with Gasteiger partial charge in [0, 0.05) is 32.4 Å². The summed E-state index contributed by atoms with van der Waals surface area (Å²) >= 11 is 3.93. The fourth-order valence-corrected chi connectivity index (χ4v) is 2.17. The molecule has 1 fully saturated rings. The molecule has 0 unspecified atom stereocenters. The molecule has 1 aliphatic rings. The van der Waals surface area contributed by atoms with Crippen molar-refractivity contribution in [1.29, 1.82) is 0 Å². The molecular weight excluding hydrogens is 252 g/mol. The molecule has 1 aliphatic carbocycles. The Labute approximate surface area is 115 Å². The van der Waals surface area contributed by atoms with Crippen LogP contribution < -0.4 is 10.0 Å². The van der Waals surface area contributed by atoms with E-state index >= 15 is 0 Å². The summed E-state index contributed by atoms with van der Waals surface area (Å²) in [6.45, 7) is 4.16. The molecule has 0 atom stereocenters. The lowest BCUT2D eigenvalue weighted by Gasteiger charge is -2.29. The summed E-state index contributed by atoms with van der Waals surface area (Å²) in [5.41, 5.74) is 0. The van der Waals surface area contributed by atoms with Crippen LogP contribution in [0, 0.1) is 0 Å². The second-order valence-electron chi connectivity index (χ2n) is 4.43. The molecule has 1 saturated carbocycles. The van der Waals surface area contributed by atoms with Crippen molar-refractivity contribution in [3.63, 3.8) is 0 Å². The number of hydrogen-bond donors (Lipinski definition) is 3. The van der Waals surface area contributed by atoms with Crippen molar-refractivity contribution in [3.8, 4) is 0 Å². The van der Waals surface area contributed by atoms with E-state index in [9.17, 15) is 4.79 Å². The van der Waals surface area contributed by atoms with Crippen molar-refractivity contribution in [2.45, 2.75) is 44.8 Å². The molecule has 0 saturated heterocycles. The lowest BCUT2D eigenvalue weighted by molar-refractivity contribution is -0.230. The van der Waals surface area contributed by atoms with Gasteiger partial charge >= 0.3 is 0 Å². The minimum Gasteiger partial charge on any atom is -0.354 e. The second kappa shape index (κ2) is 8.74. The summed E-state index contributed by atoms with van der Waals surface area (Å²) in [5, 5.41) is 2.80. The van der Waals surface area contributed by atoms with Gasteiger partial charge in [0.25, 0.3) is 0 Å². The first-order valence-electron chi connectivity index (χ1n) is 6.64. The summed E-state index contributed by atoms with van der Waals surface area (Å²) in [4.78, 5) is 11.1. The Hall–Kier alpha value is -0.300. The molecule has 0 bridgehead atoms. The molecule has 0 spiro atoms. The SMILES string of the molecule is CCC(=O)NCCOC1(OCCNS)CCCC1. The van der Waals surface area contributed by atoms with Crippen LogP contribution in [0.5, 0.6) is 0 Å². The first-order valence-corrected chi connectivity index (χ1v) is 7.09. The molecule has 0 heterocycles. The summed E-state index contributed by atoms with van der Waals surface area (Å²) in [6, 6.07) is 0. The maximum absolute atomic E-state index is 11.1. The predicted octanol–water partition coefficient (Wildman–Crippen LogP) is 1.25. The monoisotopic (exact) mass is 276 g/mol. The van der Waals surface area contributed by atoms with E-state index in [1.54, 1.807) is 0 Å². The van der Waals surface area contributed by atoms with Gasteiger partial charge in [0.05, 0.1) is 13.2 Å². The maximum atomic E-state index is 11.1. The third kappa shape index (κ3) is 5.56. The van der Waals surface area contributed by atoms with Gasteiger partial charge in [-0.25, -0.2) is 0 Å². The van der Waals surface area contributed by atoms with E-state index in [1.807, 2.05) is 6.92 Å². The minimum absolute atomic E-state index is 0.0549. The van der Waals surface area contributed by atoms with Crippen LogP contribution in [0.2, 0.25) is 0 Å². The number of amides is 1. The number of ether oxygens (including phenoxy) is 2. The Balaban J connectivity index is 2.22. The number of carbonyl (C=O) groups excluding carboxylic acids is 1. The third-order valence-electron chi connectivity index (χ3n) is 3.05. The van der Waals surface area contributed by atoms with Gasteiger partial charge in [0.1, 0.15) is 0 Å². The van der Waals surface area contributed by atoms with Crippen LogP contribution in [0.15, 0.2) is 0 Å². The standard InChI is InChI=1S/C12H24N2O3S/c1-2-11(15)13-7-9-16-12(5-3-4-6-12)17-10-8-14-18/h14,18H,2-10H2,1H3,(H,13,15). The van der Waals surface area contributed by atoms with Gasteiger partial charge in [-0.3, -0.25) is 9.52 Å². The molecule has 18 heavy (non-hydrogen) atoms. The fraction of sp³-hybridized carbons (Fsp3) is 0.917. The molecule has 0 aromatic carbocycles. The van der Waals surface area contributed by atoms with Crippen LogP contribution in [0.25, 0.3) is 0 Å². The van der Waals surface area contributed by atoms with Crippen LogP contribution >= 0.6 is 12.8 Å². The fourth-order valence-electron chi connectivity index (χ4n) is 2.08. The van der Waals surface area contributed by atoms with E-state index in [0.29, 0.717) is 32.7 Å². The van der Waals surface area contributed by atoms with Gasteiger partial charge in [-0.15, -0.1) is 0 Å². The number of thiol groups is 1. The Morgan fingerprint density at radius 3 is 2.39 bits per heavy atom. The van der Waals surface area contributed by atoms with Gasteiger partial charge in [-0.2, -0.15) is 0 Å². The molecule has 5 nitrogen and oxygen atoms in total. The molecule has 0 aliphatic heterocycles. The number of carbonyl (C=O) groups is 1. The molecule has 0 aromatic heterocycles. The van der Waals surface area contributed by atoms with Crippen LogP contribution in [0.3, 0.4) is 0 Å². The van der Waals surface area contributed by atoms with Crippen molar-refractivity contribution in [2.24, 2.45) is 0 Å². The zero-order chi connectivity index (χ0) is 13.3. The largest absolute Gasteiger partial charge is 0.354 e. The molecule has 1 rings (SSSR count). The first-order chi connectivity index (χ1) is 8.72. The molecule has 2 N–H and O–H groups in total. The number of rotatable bonds is 9. The maximum Gasteiger partial charge on any atom is 0.219 e. The third-order valence-corrected chi connectivity index (χ3v) is 3.28. The van der Waals surface area contributed by atoms with Crippen molar-refractivity contribution in [1.82, 2.24) is 10.0 Å². The van der Waals surface area contributed by atoms with Crippen LogP contribution in [-0.2, 0) is 14.3 Å². The molecule has 106 valence electrons.